The van der Waals surface area contributed by atoms with Crippen LogP contribution in [0.4, 0.5) is 5.00 Å². The molecule has 1 amide bonds. The maximum Gasteiger partial charge on any atom is 0.341 e. The van der Waals surface area contributed by atoms with Gasteiger partial charge in [-0.2, -0.15) is 0 Å². The highest BCUT2D eigenvalue weighted by atomic mass is 32.2. The summed E-state index contributed by atoms with van der Waals surface area (Å²) < 4.78 is 21.4. The summed E-state index contributed by atoms with van der Waals surface area (Å²) in [7, 11) is 4.61. The highest BCUT2D eigenvalue weighted by Crippen LogP contribution is 2.40. The Bertz CT molecular complexity index is 1160. The summed E-state index contributed by atoms with van der Waals surface area (Å²) in [5, 5.41) is 5.05. The summed E-state index contributed by atoms with van der Waals surface area (Å²) in [5.41, 5.74) is 2.00. The molecule has 0 unspecified atom stereocenters. The first-order valence-corrected chi connectivity index (χ1v) is 12.1. The molecule has 1 N–H and O–H groups in total. The number of rotatable bonds is 9. The maximum absolute atomic E-state index is 13.1. The number of benzene rings is 2. The van der Waals surface area contributed by atoms with Crippen molar-refractivity contribution in [1.29, 1.82) is 0 Å². The zero-order chi connectivity index (χ0) is 24.0. The van der Waals surface area contributed by atoms with Gasteiger partial charge in [-0.1, -0.05) is 6.07 Å². The highest BCUT2D eigenvalue weighted by molar-refractivity contribution is 7.98. The minimum Gasteiger partial charge on any atom is -0.496 e. The Labute approximate surface area is 201 Å². The van der Waals surface area contributed by atoms with Crippen LogP contribution in [-0.2, 0) is 4.74 Å². The highest BCUT2D eigenvalue weighted by Gasteiger charge is 2.25. The van der Waals surface area contributed by atoms with Gasteiger partial charge in [0.1, 0.15) is 16.3 Å². The van der Waals surface area contributed by atoms with E-state index < -0.39 is 5.97 Å². The summed E-state index contributed by atoms with van der Waals surface area (Å²) in [5.74, 6) is 0.645. The molecule has 0 aliphatic carbocycles. The largest absolute Gasteiger partial charge is 0.496 e. The van der Waals surface area contributed by atoms with Gasteiger partial charge in [-0.05, 0) is 49.1 Å². The molecule has 3 rings (SSSR count). The second kappa shape index (κ2) is 11.1. The predicted octanol–water partition coefficient (Wildman–Crippen LogP) is 5.59. The van der Waals surface area contributed by atoms with Gasteiger partial charge in [0.05, 0.1) is 33.5 Å². The van der Waals surface area contributed by atoms with Gasteiger partial charge in [-0.25, -0.2) is 4.79 Å². The zero-order valence-electron chi connectivity index (χ0n) is 19.0. The molecule has 2 aromatic carbocycles. The lowest BCUT2D eigenvalue weighted by Gasteiger charge is -2.12. The number of carbonyl (C=O) groups is 2. The number of esters is 1. The van der Waals surface area contributed by atoms with Crippen LogP contribution in [0.1, 0.15) is 27.6 Å². The van der Waals surface area contributed by atoms with Crippen molar-refractivity contribution < 1.29 is 28.5 Å². The molecule has 33 heavy (non-hydrogen) atoms. The Morgan fingerprint density at radius 2 is 1.70 bits per heavy atom. The molecule has 0 atom stereocenters. The van der Waals surface area contributed by atoms with Crippen LogP contribution in [-0.4, -0.2) is 46.1 Å². The molecule has 1 heterocycles. The quantitative estimate of drug-likeness (QED) is 0.311. The molecule has 0 aliphatic rings. The van der Waals surface area contributed by atoms with Crippen molar-refractivity contribution in [2.45, 2.75) is 11.8 Å². The standard InChI is InChI=1S/C24H25NO6S2/c1-6-31-24(27)21-17(14-7-10-18(28-2)20(11-14)30-4)13-33-23(21)25-22(26)16-9-8-15(32-5)12-19(16)29-3/h7-13H,6H2,1-5H3,(H,25,26). The minimum absolute atomic E-state index is 0.206. The number of ether oxygens (including phenoxy) is 4. The average molecular weight is 488 g/mol. The molecule has 1 aromatic heterocycles. The van der Waals surface area contributed by atoms with Gasteiger partial charge in [-0.15, -0.1) is 23.1 Å². The second-order valence-electron chi connectivity index (χ2n) is 6.66. The van der Waals surface area contributed by atoms with Crippen molar-refractivity contribution in [2.24, 2.45) is 0 Å². The number of methoxy groups -OCH3 is 3. The van der Waals surface area contributed by atoms with E-state index in [1.807, 2.05) is 18.4 Å². The lowest BCUT2D eigenvalue weighted by atomic mass is 10.0. The number of hydrogen-bond donors (Lipinski definition) is 1. The fourth-order valence-electron chi connectivity index (χ4n) is 3.23. The first-order chi connectivity index (χ1) is 16.0. The molecule has 0 bridgehead atoms. The first-order valence-electron chi connectivity index (χ1n) is 10.0. The van der Waals surface area contributed by atoms with Gasteiger partial charge < -0.3 is 24.3 Å². The smallest absolute Gasteiger partial charge is 0.341 e. The van der Waals surface area contributed by atoms with E-state index in [2.05, 4.69) is 5.32 Å². The molecule has 174 valence electrons. The van der Waals surface area contributed by atoms with Gasteiger partial charge in [-0.3, -0.25) is 4.79 Å². The maximum atomic E-state index is 13.1. The fraction of sp³-hybridized carbons (Fsp3) is 0.250. The van der Waals surface area contributed by atoms with Gasteiger partial charge >= 0.3 is 5.97 Å². The fourth-order valence-corrected chi connectivity index (χ4v) is 4.61. The molecule has 0 aliphatic heterocycles. The van der Waals surface area contributed by atoms with E-state index in [1.165, 1.54) is 18.4 Å². The number of amides is 1. The number of hydrogen-bond acceptors (Lipinski definition) is 8. The van der Waals surface area contributed by atoms with Crippen molar-refractivity contribution >= 4 is 40.0 Å². The molecule has 0 radical (unpaired) electrons. The Hall–Kier alpha value is -3.17. The lowest BCUT2D eigenvalue weighted by Crippen LogP contribution is -2.15. The van der Waals surface area contributed by atoms with E-state index in [0.29, 0.717) is 33.4 Å². The van der Waals surface area contributed by atoms with Crippen molar-refractivity contribution in [3.8, 4) is 28.4 Å². The zero-order valence-corrected chi connectivity index (χ0v) is 20.6. The van der Waals surface area contributed by atoms with Gasteiger partial charge in [0.25, 0.3) is 5.91 Å². The van der Waals surface area contributed by atoms with E-state index in [4.69, 9.17) is 18.9 Å². The van der Waals surface area contributed by atoms with E-state index in [1.54, 1.807) is 62.6 Å². The lowest BCUT2D eigenvalue weighted by molar-refractivity contribution is 0.0529. The Balaban J connectivity index is 2.03. The molecule has 9 heteroatoms. The predicted molar refractivity (Wildman–Crippen MR) is 132 cm³/mol. The Morgan fingerprint density at radius 3 is 2.33 bits per heavy atom. The summed E-state index contributed by atoms with van der Waals surface area (Å²) in [6.45, 7) is 1.94. The van der Waals surface area contributed by atoms with Crippen molar-refractivity contribution in [3.05, 3.63) is 52.9 Å². The van der Waals surface area contributed by atoms with Gasteiger partial charge in [0.2, 0.25) is 0 Å². The normalized spacial score (nSPS) is 10.5. The molecule has 0 spiro atoms. The van der Waals surface area contributed by atoms with Crippen molar-refractivity contribution in [3.63, 3.8) is 0 Å². The van der Waals surface area contributed by atoms with Crippen LogP contribution in [0.3, 0.4) is 0 Å². The molecule has 0 saturated carbocycles. The minimum atomic E-state index is -0.525. The number of nitrogens with one attached hydrogen (secondary N) is 1. The summed E-state index contributed by atoms with van der Waals surface area (Å²) in [6.07, 6.45) is 1.95. The van der Waals surface area contributed by atoms with Crippen LogP contribution in [0, 0.1) is 0 Å². The molecule has 0 saturated heterocycles. The summed E-state index contributed by atoms with van der Waals surface area (Å²) in [6, 6.07) is 10.7. The van der Waals surface area contributed by atoms with Crippen LogP contribution in [0.25, 0.3) is 11.1 Å². The third-order valence-electron chi connectivity index (χ3n) is 4.85. The van der Waals surface area contributed by atoms with E-state index in [0.717, 1.165) is 10.5 Å². The molecule has 3 aromatic rings. The topological polar surface area (TPSA) is 83.1 Å². The van der Waals surface area contributed by atoms with E-state index in [-0.39, 0.29) is 18.1 Å². The van der Waals surface area contributed by atoms with Crippen LogP contribution in [0.2, 0.25) is 0 Å². The Kier molecular flexibility index (Phi) is 8.24. The van der Waals surface area contributed by atoms with E-state index >= 15 is 0 Å². The number of thioether (sulfide) groups is 1. The number of anilines is 1. The van der Waals surface area contributed by atoms with Crippen LogP contribution < -0.4 is 19.5 Å². The molecule has 7 nitrogen and oxygen atoms in total. The molecule has 0 fully saturated rings. The van der Waals surface area contributed by atoms with Crippen molar-refractivity contribution in [2.75, 3.05) is 39.5 Å². The van der Waals surface area contributed by atoms with Gasteiger partial charge in [0, 0.05) is 15.8 Å². The van der Waals surface area contributed by atoms with Crippen molar-refractivity contribution in [1.82, 2.24) is 0 Å². The second-order valence-corrected chi connectivity index (χ2v) is 8.42. The molecular weight excluding hydrogens is 462 g/mol. The SMILES string of the molecule is CCOC(=O)c1c(-c2ccc(OC)c(OC)c2)csc1NC(=O)c1ccc(SC)cc1OC. The van der Waals surface area contributed by atoms with Gasteiger partial charge in [0.15, 0.2) is 11.5 Å². The van der Waals surface area contributed by atoms with Crippen LogP contribution in [0.5, 0.6) is 17.2 Å². The monoisotopic (exact) mass is 487 g/mol. The summed E-state index contributed by atoms with van der Waals surface area (Å²) in [4.78, 5) is 26.9. The van der Waals surface area contributed by atoms with Crippen LogP contribution >= 0.6 is 23.1 Å². The molecular formula is C24H25NO6S2. The number of carbonyl (C=O) groups excluding carboxylic acids is 2. The third kappa shape index (κ3) is 5.26. The summed E-state index contributed by atoms with van der Waals surface area (Å²) >= 11 is 2.79. The Morgan fingerprint density at radius 1 is 0.970 bits per heavy atom. The van der Waals surface area contributed by atoms with E-state index in [9.17, 15) is 9.59 Å². The van der Waals surface area contributed by atoms with Crippen LogP contribution in [0.15, 0.2) is 46.7 Å². The third-order valence-corrected chi connectivity index (χ3v) is 6.47. The number of thiophene rings is 1. The average Bonchev–Trinajstić information content (AvgIpc) is 3.26. The first kappa shape index (κ1) is 24.5.